The van der Waals surface area contributed by atoms with Crippen molar-refractivity contribution in [3.8, 4) is 5.88 Å². The Labute approximate surface area is 127 Å². The van der Waals surface area contributed by atoms with Gasteiger partial charge in [0.2, 0.25) is 11.8 Å². The van der Waals surface area contributed by atoms with Gasteiger partial charge in [-0.25, -0.2) is 4.98 Å². The predicted octanol–water partition coefficient (Wildman–Crippen LogP) is 2.38. The Balaban J connectivity index is 1.71. The highest BCUT2D eigenvalue weighted by Gasteiger charge is 2.26. The molecular formula is C15H17N3O2S. The first kappa shape index (κ1) is 14.0. The Morgan fingerprint density at radius 1 is 1.48 bits per heavy atom. The molecule has 21 heavy (non-hydrogen) atoms. The molecule has 0 spiro atoms. The maximum atomic E-state index is 12.4. The summed E-state index contributed by atoms with van der Waals surface area (Å²) in [6.07, 6.45) is 2.09. The van der Waals surface area contributed by atoms with Crippen LogP contribution in [0.4, 0.5) is 5.82 Å². The molecule has 1 amide bonds. The number of hydrogen-bond acceptors (Lipinski definition) is 5. The van der Waals surface area contributed by atoms with Crippen LogP contribution in [0.2, 0.25) is 0 Å². The molecule has 3 heterocycles. The van der Waals surface area contributed by atoms with E-state index < -0.39 is 0 Å². The molecule has 0 radical (unpaired) electrons. The van der Waals surface area contributed by atoms with Crippen LogP contribution < -0.4 is 9.64 Å². The molecule has 2 aromatic heterocycles. The second-order valence-corrected chi connectivity index (χ2v) is 5.93. The number of rotatable bonds is 4. The third kappa shape index (κ3) is 2.76. The molecule has 0 saturated heterocycles. The molecule has 0 saturated carbocycles. The molecule has 0 aliphatic carbocycles. The van der Waals surface area contributed by atoms with Crippen LogP contribution >= 0.6 is 11.3 Å². The molecule has 6 heteroatoms. The molecule has 0 aromatic carbocycles. The van der Waals surface area contributed by atoms with Crippen LogP contribution in [0.5, 0.6) is 5.88 Å². The van der Waals surface area contributed by atoms with Crippen LogP contribution in [0.15, 0.2) is 17.6 Å². The number of carbonyl (C=O) groups is 1. The van der Waals surface area contributed by atoms with Gasteiger partial charge >= 0.3 is 0 Å². The molecule has 3 rings (SSSR count). The number of thiazole rings is 1. The van der Waals surface area contributed by atoms with Crippen molar-refractivity contribution in [3.05, 3.63) is 33.8 Å². The van der Waals surface area contributed by atoms with E-state index in [1.165, 1.54) is 4.88 Å². The van der Waals surface area contributed by atoms with E-state index in [1.807, 2.05) is 24.6 Å². The summed E-state index contributed by atoms with van der Waals surface area (Å²) in [5.74, 6) is 1.41. The number of pyridine rings is 1. The smallest absolute Gasteiger partial charge is 0.228 e. The lowest BCUT2D eigenvalue weighted by molar-refractivity contribution is -0.118. The van der Waals surface area contributed by atoms with Crippen molar-refractivity contribution in [1.29, 1.82) is 0 Å². The SMILES string of the molecule is COc1ccc2c(n1)N(C(=O)CCc1scnc1C)CC2. The zero-order valence-electron chi connectivity index (χ0n) is 12.1. The van der Waals surface area contributed by atoms with Crippen LogP contribution in [0, 0.1) is 6.92 Å². The topological polar surface area (TPSA) is 55.3 Å². The van der Waals surface area contributed by atoms with E-state index in [-0.39, 0.29) is 5.91 Å². The number of anilines is 1. The van der Waals surface area contributed by atoms with E-state index in [2.05, 4.69) is 9.97 Å². The first-order valence-corrected chi connectivity index (χ1v) is 7.80. The predicted molar refractivity (Wildman–Crippen MR) is 82.0 cm³/mol. The summed E-state index contributed by atoms with van der Waals surface area (Å²) in [5.41, 5.74) is 3.96. The molecule has 1 aliphatic rings. The van der Waals surface area contributed by atoms with Gasteiger partial charge in [0.05, 0.1) is 18.3 Å². The number of amides is 1. The van der Waals surface area contributed by atoms with Crippen LogP contribution in [0.3, 0.4) is 0 Å². The number of carbonyl (C=O) groups excluding carboxylic acids is 1. The zero-order chi connectivity index (χ0) is 14.8. The third-order valence-corrected chi connectivity index (χ3v) is 4.71. The Kier molecular flexibility index (Phi) is 3.88. The van der Waals surface area contributed by atoms with Crippen molar-refractivity contribution in [2.24, 2.45) is 0 Å². The second kappa shape index (κ2) is 5.81. The second-order valence-electron chi connectivity index (χ2n) is 4.99. The maximum absolute atomic E-state index is 12.4. The summed E-state index contributed by atoms with van der Waals surface area (Å²) in [4.78, 5) is 24.0. The monoisotopic (exact) mass is 303 g/mol. The minimum Gasteiger partial charge on any atom is -0.481 e. The quantitative estimate of drug-likeness (QED) is 0.870. The number of fused-ring (bicyclic) bond motifs is 1. The molecule has 0 bridgehead atoms. The van der Waals surface area contributed by atoms with E-state index in [1.54, 1.807) is 23.3 Å². The van der Waals surface area contributed by atoms with Gasteiger partial charge in [-0.3, -0.25) is 9.69 Å². The zero-order valence-corrected chi connectivity index (χ0v) is 12.9. The molecule has 2 aromatic rings. The van der Waals surface area contributed by atoms with Gasteiger partial charge in [-0.05, 0) is 31.4 Å². The summed E-state index contributed by atoms with van der Waals surface area (Å²) in [6.45, 7) is 2.68. The molecule has 0 N–H and O–H groups in total. The molecule has 5 nitrogen and oxygen atoms in total. The van der Waals surface area contributed by atoms with Crippen molar-refractivity contribution in [1.82, 2.24) is 9.97 Å². The lowest BCUT2D eigenvalue weighted by atomic mass is 10.2. The Morgan fingerprint density at radius 3 is 3.05 bits per heavy atom. The van der Waals surface area contributed by atoms with Gasteiger partial charge in [-0.2, -0.15) is 4.98 Å². The lowest BCUT2D eigenvalue weighted by Crippen LogP contribution is -2.29. The van der Waals surface area contributed by atoms with Gasteiger partial charge in [0.1, 0.15) is 5.82 Å². The molecule has 0 atom stereocenters. The Hall–Kier alpha value is -1.95. The molecule has 0 fully saturated rings. The normalized spacial score (nSPS) is 13.3. The van der Waals surface area contributed by atoms with Gasteiger partial charge in [-0.1, -0.05) is 0 Å². The van der Waals surface area contributed by atoms with Crippen molar-refractivity contribution in [2.75, 3.05) is 18.6 Å². The van der Waals surface area contributed by atoms with E-state index in [0.29, 0.717) is 18.8 Å². The number of nitrogens with zero attached hydrogens (tertiary/aromatic N) is 3. The van der Waals surface area contributed by atoms with Gasteiger partial charge in [0.25, 0.3) is 0 Å². The van der Waals surface area contributed by atoms with Gasteiger partial charge in [-0.15, -0.1) is 11.3 Å². The Morgan fingerprint density at radius 2 is 2.33 bits per heavy atom. The maximum Gasteiger partial charge on any atom is 0.228 e. The average molecular weight is 303 g/mol. The summed E-state index contributed by atoms with van der Waals surface area (Å²) >= 11 is 1.61. The standard InChI is InChI=1S/C15H17N3O2S/c1-10-12(21-9-16-10)4-6-14(19)18-8-7-11-3-5-13(20-2)17-15(11)18/h3,5,9H,4,6-8H2,1-2H3. The van der Waals surface area contributed by atoms with Crippen molar-refractivity contribution < 1.29 is 9.53 Å². The van der Waals surface area contributed by atoms with Crippen molar-refractivity contribution >= 4 is 23.1 Å². The third-order valence-electron chi connectivity index (χ3n) is 3.71. The number of aromatic nitrogens is 2. The number of ether oxygens (including phenoxy) is 1. The van der Waals surface area contributed by atoms with Crippen LogP contribution in [-0.4, -0.2) is 29.5 Å². The summed E-state index contributed by atoms with van der Waals surface area (Å²) in [5, 5.41) is 0. The highest BCUT2D eigenvalue weighted by atomic mass is 32.1. The van der Waals surface area contributed by atoms with Crippen LogP contribution in [0.25, 0.3) is 0 Å². The largest absolute Gasteiger partial charge is 0.481 e. The van der Waals surface area contributed by atoms with Crippen LogP contribution in [-0.2, 0) is 17.6 Å². The lowest BCUT2D eigenvalue weighted by Gasteiger charge is -2.16. The minimum atomic E-state index is 0.113. The van der Waals surface area contributed by atoms with Gasteiger partial charge < -0.3 is 4.74 Å². The number of hydrogen-bond donors (Lipinski definition) is 0. The van der Waals surface area contributed by atoms with Gasteiger partial charge in [0, 0.05) is 23.9 Å². The fraction of sp³-hybridized carbons (Fsp3) is 0.400. The highest BCUT2D eigenvalue weighted by Crippen LogP contribution is 2.29. The van der Waals surface area contributed by atoms with E-state index in [0.717, 1.165) is 29.9 Å². The summed E-state index contributed by atoms with van der Waals surface area (Å²) < 4.78 is 5.15. The number of methoxy groups -OCH3 is 1. The fourth-order valence-corrected chi connectivity index (χ4v) is 3.29. The molecular weight excluding hydrogens is 286 g/mol. The Bertz CT molecular complexity index is 669. The highest BCUT2D eigenvalue weighted by molar-refractivity contribution is 7.09. The van der Waals surface area contributed by atoms with E-state index in [9.17, 15) is 4.79 Å². The molecule has 110 valence electrons. The van der Waals surface area contributed by atoms with Crippen molar-refractivity contribution in [2.45, 2.75) is 26.2 Å². The summed E-state index contributed by atoms with van der Waals surface area (Å²) in [7, 11) is 1.59. The minimum absolute atomic E-state index is 0.113. The summed E-state index contributed by atoms with van der Waals surface area (Å²) in [6, 6.07) is 3.83. The molecule has 1 aliphatic heterocycles. The van der Waals surface area contributed by atoms with Crippen LogP contribution in [0.1, 0.15) is 22.6 Å². The van der Waals surface area contributed by atoms with E-state index in [4.69, 9.17) is 4.74 Å². The van der Waals surface area contributed by atoms with Gasteiger partial charge in [0.15, 0.2) is 0 Å². The average Bonchev–Trinajstić information content (AvgIpc) is 3.10. The first-order valence-electron chi connectivity index (χ1n) is 6.92. The molecule has 0 unspecified atom stereocenters. The van der Waals surface area contributed by atoms with E-state index >= 15 is 0 Å². The fourth-order valence-electron chi connectivity index (χ4n) is 2.50. The van der Waals surface area contributed by atoms with Crippen molar-refractivity contribution in [3.63, 3.8) is 0 Å². The first-order chi connectivity index (χ1) is 10.2. The number of aryl methyl sites for hydroxylation is 2.